The van der Waals surface area contributed by atoms with E-state index in [1.165, 1.54) is 19.3 Å². The zero-order valence-corrected chi connectivity index (χ0v) is 11.1. The molecule has 0 saturated heterocycles. The first-order chi connectivity index (χ1) is 8.50. The third-order valence-electron chi connectivity index (χ3n) is 3.80. The van der Waals surface area contributed by atoms with Gasteiger partial charge in [0.2, 0.25) is 0 Å². The van der Waals surface area contributed by atoms with E-state index in [1.54, 1.807) is 16.8 Å². The highest BCUT2D eigenvalue weighted by atomic mass is 16.1. The number of carbonyl (C=O) groups is 1. The fourth-order valence-electron chi connectivity index (χ4n) is 2.31. The molecule has 4 heteroatoms. The van der Waals surface area contributed by atoms with Crippen LogP contribution >= 0.6 is 0 Å². The number of rotatable bonds is 4. The fraction of sp³-hybridized carbons (Fsp3) is 0.500. The number of hydrogen-bond donors (Lipinski definition) is 2. The third kappa shape index (κ3) is 2.28. The molecular formula is C14H21N3O. The average molecular weight is 247 g/mol. The van der Waals surface area contributed by atoms with Gasteiger partial charge < -0.3 is 15.6 Å². The number of amides is 1. The van der Waals surface area contributed by atoms with E-state index in [9.17, 15) is 4.79 Å². The van der Waals surface area contributed by atoms with Crippen LogP contribution in [0.4, 0.5) is 5.82 Å². The normalized spacial score (nSPS) is 17.0. The van der Waals surface area contributed by atoms with E-state index in [-0.39, 0.29) is 11.9 Å². The van der Waals surface area contributed by atoms with Crippen LogP contribution in [0.25, 0.3) is 5.70 Å². The largest absolute Gasteiger partial charge is 0.384 e. The first kappa shape index (κ1) is 12.7. The first-order valence-corrected chi connectivity index (χ1v) is 6.44. The van der Waals surface area contributed by atoms with Gasteiger partial charge in [-0.2, -0.15) is 0 Å². The average Bonchev–Trinajstić information content (AvgIpc) is 2.56. The number of nitrogens with one attached hydrogen (secondary N) is 1. The van der Waals surface area contributed by atoms with Gasteiger partial charge in [0.05, 0.1) is 5.56 Å². The highest BCUT2D eigenvalue weighted by molar-refractivity contribution is 5.99. The smallest absolute Gasteiger partial charge is 0.255 e. The van der Waals surface area contributed by atoms with Gasteiger partial charge in [0.25, 0.3) is 5.91 Å². The van der Waals surface area contributed by atoms with E-state index in [1.807, 2.05) is 6.92 Å². The molecule has 1 aromatic heterocycles. The van der Waals surface area contributed by atoms with Gasteiger partial charge in [-0.25, -0.2) is 0 Å². The summed E-state index contributed by atoms with van der Waals surface area (Å²) in [6, 6.07) is 1.96. The van der Waals surface area contributed by atoms with Crippen LogP contribution in [0.3, 0.4) is 0 Å². The standard InChI is InChI=1S/C14H21N3O/c1-9(2)17-8-7-12(13(17)15)14(18)16-10(3)11-5-4-6-11/h7-8,10-11H,1,4-6,15H2,2-3H3,(H,16,18)/t10-/m1/s1. The summed E-state index contributed by atoms with van der Waals surface area (Å²) in [6.07, 6.45) is 5.48. The number of nitrogens with two attached hydrogens (primary N) is 1. The lowest BCUT2D eigenvalue weighted by Gasteiger charge is -2.31. The summed E-state index contributed by atoms with van der Waals surface area (Å²) < 4.78 is 1.73. The Labute approximate surface area is 108 Å². The number of nitrogen functional groups attached to an aromatic ring is 1. The Morgan fingerprint density at radius 2 is 2.28 bits per heavy atom. The SMILES string of the molecule is C=C(C)n1ccc(C(=O)N[C@H](C)C2CCC2)c1N. The second kappa shape index (κ2) is 4.88. The summed E-state index contributed by atoms with van der Waals surface area (Å²) in [5, 5.41) is 3.03. The van der Waals surface area contributed by atoms with Gasteiger partial charge in [-0.05, 0) is 38.7 Å². The van der Waals surface area contributed by atoms with Crippen molar-refractivity contribution < 1.29 is 4.79 Å². The molecule has 1 heterocycles. The number of hydrogen-bond acceptors (Lipinski definition) is 2. The predicted molar refractivity (Wildman–Crippen MR) is 74.1 cm³/mol. The lowest BCUT2D eigenvalue weighted by Crippen LogP contribution is -2.40. The molecule has 0 aromatic carbocycles. The van der Waals surface area contributed by atoms with Crippen molar-refractivity contribution in [1.29, 1.82) is 0 Å². The molecule has 0 radical (unpaired) electrons. The molecule has 1 atom stereocenters. The molecule has 1 aliphatic carbocycles. The molecule has 0 spiro atoms. The Morgan fingerprint density at radius 3 is 2.72 bits per heavy atom. The maximum Gasteiger partial charge on any atom is 0.255 e. The van der Waals surface area contributed by atoms with Crippen molar-refractivity contribution in [3.63, 3.8) is 0 Å². The zero-order valence-electron chi connectivity index (χ0n) is 11.1. The van der Waals surface area contributed by atoms with Crippen LogP contribution in [0, 0.1) is 5.92 Å². The fourth-order valence-corrected chi connectivity index (χ4v) is 2.31. The van der Waals surface area contributed by atoms with E-state index < -0.39 is 0 Å². The van der Waals surface area contributed by atoms with Crippen LogP contribution in [0.1, 0.15) is 43.5 Å². The Morgan fingerprint density at radius 1 is 1.61 bits per heavy atom. The summed E-state index contributed by atoms with van der Waals surface area (Å²) in [6.45, 7) is 7.74. The Kier molecular flexibility index (Phi) is 3.45. The minimum atomic E-state index is -0.0908. The van der Waals surface area contributed by atoms with Crippen molar-refractivity contribution in [2.75, 3.05) is 5.73 Å². The Hall–Kier alpha value is -1.71. The van der Waals surface area contributed by atoms with Crippen LogP contribution in [0.2, 0.25) is 0 Å². The summed E-state index contributed by atoms with van der Waals surface area (Å²) in [5.41, 5.74) is 7.28. The van der Waals surface area contributed by atoms with Gasteiger partial charge in [-0.15, -0.1) is 0 Å². The molecule has 98 valence electrons. The van der Waals surface area contributed by atoms with E-state index in [0.29, 0.717) is 17.3 Å². The Balaban J connectivity index is 2.06. The second-order valence-corrected chi connectivity index (χ2v) is 5.17. The van der Waals surface area contributed by atoms with Gasteiger partial charge in [0.15, 0.2) is 0 Å². The van der Waals surface area contributed by atoms with E-state index >= 15 is 0 Å². The highest BCUT2D eigenvalue weighted by Gasteiger charge is 2.26. The van der Waals surface area contributed by atoms with Crippen molar-refractivity contribution in [3.05, 3.63) is 24.4 Å². The number of carbonyl (C=O) groups excluding carboxylic acids is 1. The minimum Gasteiger partial charge on any atom is -0.384 e. The summed E-state index contributed by atoms with van der Waals surface area (Å²) in [5.74, 6) is 0.992. The van der Waals surface area contributed by atoms with Crippen molar-refractivity contribution in [3.8, 4) is 0 Å². The van der Waals surface area contributed by atoms with Gasteiger partial charge in [-0.1, -0.05) is 13.0 Å². The number of anilines is 1. The number of allylic oxidation sites excluding steroid dienone is 1. The van der Waals surface area contributed by atoms with Crippen molar-refractivity contribution >= 4 is 17.4 Å². The van der Waals surface area contributed by atoms with Crippen LogP contribution in [0.5, 0.6) is 0 Å². The molecule has 1 amide bonds. The Bertz CT molecular complexity index is 471. The predicted octanol–water partition coefficient (Wildman–Crippen LogP) is 2.48. The maximum atomic E-state index is 12.1. The second-order valence-electron chi connectivity index (χ2n) is 5.17. The molecule has 0 aliphatic heterocycles. The van der Waals surface area contributed by atoms with Crippen LogP contribution in [-0.2, 0) is 0 Å². The number of nitrogens with zero attached hydrogens (tertiary/aromatic N) is 1. The van der Waals surface area contributed by atoms with Crippen molar-refractivity contribution in [1.82, 2.24) is 9.88 Å². The number of aromatic nitrogens is 1. The zero-order chi connectivity index (χ0) is 13.3. The van der Waals surface area contributed by atoms with Crippen LogP contribution in [0.15, 0.2) is 18.8 Å². The first-order valence-electron chi connectivity index (χ1n) is 6.44. The maximum absolute atomic E-state index is 12.1. The molecular weight excluding hydrogens is 226 g/mol. The molecule has 1 fully saturated rings. The highest BCUT2D eigenvalue weighted by Crippen LogP contribution is 2.29. The molecule has 18 heavy (non-hydrogen) atoms. The van der Waals surface area contributed by atoms with E-state index in [4.69, 9.17) is 5.73 Å². The monoisotopic (exact) mass is 247 g/mol. The third-order valence-corrected chi connectivity index (χ3v) is 3.80. The van der Waals surface area contributed by atoms with Gasteiger partial charge in [0, 0.05) is 17.9 Å². The van der Waals surface area contributed by atoms with Crippen LogP contribution in [-0.4, -0.2) is 16.5 Å². The van der Waals surface area contributed by atoms with Gasteiger partial charge >= 0.3 is 0 Å². The summed E-state index contributed by atoms with van der Waals surface area (Å²) >= 11 is 0. The van der Waals surface area contributed by atoms with Crippen molar-refractivity contribution in [2.24, 2.45) is 5.92 Å². The quantitative estimate of drug-likeness (QED) is 0.858. The molecule has 1 saturated carbocycles. The molecule has 2 rings (SSSR count). The van der Waals surface area contributed by atoms with E-state index in [2.05, 4.69) is 18.8 Å². The van der Waals surface area contributed by atoms with Crippen molar-refractivity contribution in [2.45, 2.75) is 39.2 Å². The molecule has 0 bridgehead atoms. The summed E-state index contributed by atoms with van der Waals surface area (Å²) in [4.78, 5) is 12.1. The van der Waals surface area contributed by atoms with Crippen LogP contribution < -0.4 is 11.1 Å². The minimum absolute atomic E-state index is 0.0908. The molecule has 1 aliphatic rings. The lowest BCUT2D eigenvalue weighted by atomic mass is 9.80. The molecule has 4 nitrogen and oxygen atoms in total. The van der Waals surface area contributed by atoms with Gasteiger partial charge in [-0.3, -0.25) is 4.79 Å². The van der Waals surface area contributed by atoms with E-state index in [0.717, 1.165) is 5.70 Å². The molecule has 1 aromatic rings. The molecule has 3 N–H and O–H groups in total. The lowest BCUT2D eigenvalue weighted by molar-refractivity contribution is 0.0910. The topological polar surface area (TPSA) is 60.0 Å². The summed E-state index contributed by atoms with van der Waals surface area (Å²) in [7, 11) is 0. The molecule has 0 unspecified atom stereocenters. The van der Waals surface area contributed by atoms with Gasteiger partial charge in [0.1, 0.15) is 5.82 Å².